The number of anilines is 2. The number of aryl methyl sites for hydroxylation is 3. The molecule has 0 aromatic carbocycles. The van der Waals surface area contributed by atoms with Crippen molar-refractivity contribution in [1.29, 1.82) is 0 Å². The van der Waals surface area contributed by atoms with Gasteiger partial charge in [-0.15, -0.1) is 0 Å². The van der Waals surface area contributed by atoms with Gasteiger partial charge in [-0.05, 0) is 19.9 Å². The largest absolute Gasteiger partial charge is 0.336 e. The molecule has 2 aromatic heterocycles. The second-order valence-electron chi connectivity index (χ2n) is 4.51. The third-order valence-electron chi connectivity index (χ3n) is 2.39. The van der Waals surface area contributed by atoms with Gasteiger partial charge in [0, 0.05) is 30.7 Å². The van der Waals surface area contributed by atoms with E-state index in [4.69, 9.17) is 0 Å². The van der Waals surface area contributed by atoms with Crippen LogP contribution in [0, 0.1) is 13.8 Å². The van der Waals surface area contributed by atoms with Crippen molar-refractivity contribution < 1.29 is 13.2 Å². The second-order valence-corrected chi connectivity index (χ2v) is 5.93. The molecular formula is C11H15N7O3S. The Labute approximate surface area is 127 Å². The highest BCUT2D eigenvalue weighted by atomic mass is 32.2. The smallest absolute Gasteiger partial charge is 0.275 e. The molecule has 11 heteroatoms. The van der Waals surface area contributed by atoms with Crippen LogP contribution >= 0.6 is 0 Å². The highest BCUT2D eigenvalue weighted by Gasteiger charge is 2.16. The molecule has 2 aromatic rings. The molecule has 0 unspecified atom stereocenters. The van der Waals surface area contributed by atoms with Crippen molar-refractivity contribution >= 4 is 28.0 Å². The predicted molar refractivity (Wildman–Crippen MR) is 79.4 cm³/mol. The minimum Gasteiger partial charge on any atom is -0.275 e. The van der Waals surface area contributed by atoms with Crippen molar-refractivity contribution in [3.8, 4) is 0 Å². The van der Waals surface area contributed by atoms with Crippen LogP contribution in [0.25, 0.3) is 0 Å². The van der Waals surface area contributed by atoms with E-state index in [1.807, 2.05) is 0 Å². The average molecular weight is 325 g/mol. The quantitative estimate of drug-likeness (QED) is 0.741. The number of amides is 2. The maximum absolute atomic E-state index is 11.8. The molecule has 2 heterocycles. The molecule has 2 rings (SSSR count). The molecule has 3 N–H and O–H groups in total. The maximum atomic E-state index is 11.8. The lowest BCUT2D eigenvalue weighted by atomic mass is 10.4. The van der Waals surface area contributed by atoms with E-state index in [2.05, 4.69) is 25.1 Å². The Morgan fingerprint density at radius 2 is 1.86 bits per heavy atom. The number of urea groups is 1. The molecule has 0 saturated carbocycles. The first-order valence-corrected chi connectivity index (χ1v) is 7.65. The molecule has 0 aliphatic heterocycles. The summed E-state index contributed by atoms with van der Waals surface area (Å²) in [5.41, 5.74) is 1.30. The first kappa shape index (κ1) is 15.7. The summed E-state index contributed by atoms with van der Waals surface area (Å²) in [6, 6.07) is 2.19. The number of nitrogens with zero attached hydrogens (tertiary/aromatic N) is 4. The number of aromatic nitrogens is 4. The first-order chi connectivity index (χ1) is 10.2. The van der Waals surface area contributed by atoms with Gasteiger partial charge in [-0.25, -0.2) is 24.2 Å². The standard InChI is InChI=1S/C11H15N7O3S/c1-7-6-8(2)13-10(12-7)14-11(19)17-22(20,21)16-9-4-5-18(3)15-9/h4-6H,1-3H3,(H,15,16)(H2,12,13,14,17,19). The molecule has 10 nitrogen and oxygen atoms in total. The van der Waals surface area contributed by atoms with Crippen LogP contribution in [0.5, 0.6) is 0 Å². The summed E-state index contributed by atoms with van der Waals surface area (Å²) >= 11 is 0. The van der Waals surface area contributed by atoms with E-state index in [1.165, 1.54) is 10.7 Å². The van der Waals surface area contributed by atoms with Crippen LogP contribution in [0.2, 0.25) is 0 Å². The molecule has 0 spiro atoms. The van der Waals surface area contributed by atoms with Gasteiger partial charge in [0.2, 0.25) is 5.95 Å². The van der Waals surface area contributed by atoms with Gasteiger partial charge in [0.1, 0.15) is 0 Å². The number of hydrogen-bond donors (Lipinski definition) is 3. The van der Waals surface area contributed by atoms with E-state index in [9.17, 15) is 13.2 Å². The lowest BCUT2D eigenvalue weighted by Crippen LogP contribution is -2.38. The third kappa shape index (κ3) is 4.41. The highest BCUT2D eigenvalue weighted by molar-refractivity contribution is 7.91. The van der Waals surface area contributed by atoms with E-state index < -0.39 is 16.2 Å². The van der Waals surface area contributed by atoms with E-state index in [0.29, 0.717) is 11.4 Å². The zero-order chi connectivity index (χ0) is 16.3. The average Bonchev–Trinajstić information content (AvgIpc) is 2.70. The fourth-order valence-corrected chi connectivity index (χ4v) is 2.39. The molecule has 118 valence electrons. The van der Waals surface area contributed by atoms with Gasteiger partial charge in [0.05, 0.1) is 0 Å². The molecule has 2 amide bonds. The van der Waals surface area contributed by atoms with E-state index in [0.717, 1.165) is 0 Å². The number of carbonyl (C=O) groups excluding carboxylic acids is 1. The van der Waals surface area contributed by atoms with Gasteiger partial charge in [0.15, 0.2) is 5.82 Å². The molecular weight excluding hydrogens is 310 g/mol. The molecule has 0 aliphatic rings. The zero-order valence-electron chi connectivity index (χ0n) is 12.2. The Bertz CT molecular complexity index is 780. The molecule has 0 aliphatic carbocycles. The minimum absolute atomic E-state index is 0.0167. The Balaban J connectivity index is 2.01. The van der Waals surface area contributed by atoms with Gasteiger partial charge in [-0.3, -0.25) is 10.00 Å². The van der Waals surface area contributed by atoms with E-state index in [1.54, 1.807) is 37.9 Å². The summed E-state index contributed by atoms with van der Waals surface area (Å²) < 4.78 is 28.8. The topological polar surface area (TPSA) is 131 Å². The summed E-state index contributed by atoms with van der Waals surface area (Å²) in [6.07, 6.45) is 1.56. The number of nitrogens with one attached hydrogen (secondary N) is 3. The molecule has 22 heavy (non-hydrogen) atoms. The molecule has 0 fully saturated rings. The van der Waals surface area contributed by atoms with Gasteiger partial charge in [-0.2, -0.15) is 13.5 Å². The lowest BCUT2D eigenvalue weighted by Gasteiger charge is -2.08. The maximum Gasteiger partial charge on any atom is 0.336 e. The highest BCUT2D eigenvalue weighted by Crippen LogP contribution is 2.05. The summed E-state index contributed by atoms with van der Waals surface area (Å²) in [7, 11) is -2.47. The number of hydrogen-bond acceptors (Lipinski definition) is 6. The number of carbonyl (C=O) groups is 1. The van der Waals surface area contributed by atoms with Crippen LogP contribution in [0.3, 0.4) is 0 Å². The van der Waals surface area contributed by atoms with Crippen LogP contribution in [0.4, 0.5) is 16.6 Å². The summed E-state index contributed by atoms with van der Waals surface area (Å²) in [5, 5.41) is 6.09. The summed E-state index contributed by atoms with van der Waals surface area (Å²) in [6.45, 7) is 3.47. The van der Waals surface area contributed by atoms with Crippen molar-refractivity contribution in [1.82, 2.24) is 24.5 Å². The van der Waals surface area contributed by atoms with Crippen LogP contribution in [0.15, 0.2) is 18.3 Å². The van der Waals surface area contributed by atoms with Crippen molar-refractivity contribution in [3.05, 3.63) is 29.7 Å². The summed E-state index contributed by atoms with van der Waals surface area (Å²) in [5.74, 6) is 0.105. The molecule has 0 saturated heterocycles. The Morgan fingerprint density at radius 1 is 1.23 bits per heavy atom. The van der Waals surface area contributed by atoms with Gasteiger partial charge in [-0.1, -0.05) is 0 Å². The molecule has 0 atom stereocenters. The summed E-state index contributed by atoms with van der Waals surface area (Å²) in [4.78, 5) is 19.7. The zero-order valence-corrected chi connectivity index (χ0v) is 13.0. The third-order valence-corrected chi connectivity index (χ3v) is 3.32. The normalized spacial score (nSPS) is 11.0. The fourth-order valence-electron chi connectivity index (χ4n) is 1.66. The first-order valence-electron chi connectivity index (χ1n) is 6.17. The predicted octanol–water partition coefficient (Wildman–Crippen LogP) is 0.305. The number of rotatable bonds is 4. The monoisotopic (exact) mass is 325 g/mol. The van der Waals surface area contributed by atoms with Gasteiger partial charge < -0.3 is 0 Å². The molecule has 0 radical (unpaired) electrons. The Morgan fingerprint density at radius 3 is 2.41 bits per heavy atom. The second kappa shape index (κ2) is 5.97. The van der Waals surface area contributed by atoms with Crippen molar-refractivity contribution in [2.75, 3.05) is 10.0 Å². The van der Waals surface area contributed by atoms with Crippen molar-refractivity contribution in [3.63, 3.8) is 0 Å². The fraction of sp³-hybridized carbons (Fsp3) is 0.273. The van der Waals surface area contributed by atoms with Gasteiger partial charge >= 0.3 is 16.2 Å². The van der Waals surface area contributed by atoms with Crippen LogP contribution in [-0.2, 0) is 17.3 Å². The van der Waals surface area contributed by atoms with Crippen molar-refractivity contribution in [2.24, 2.45) is 7.05 Å². The van der Waals surface area contributed by atoms with Gasteiger partial charge in [0.25, 0.3) is 0 Å². The van der Waals surface area contributed by atoms with E-state index in [-0.39, 0.29) is 11.8 Å². The van der Waals surface area contributed by atoms with Crippen molar-refractivity contribution in [2.45, 2.75) is 13.8 Å². The SMILES string of the molecule is Cc1cc(C)nc(NC(=O)NS(=O)(=O)Nc2ccn(C)n2)n1. The minimum atomic E-state index is -4.10. The molecule has 0 bridgehead atoms. The van der Waals surface area contributed by atoms with Crippen LogP contribution in [-0.4, -0.2) is 34.2 Å². The van der Waals surface area contributed by atoms with E-state index >= 15 is 0 Å². The van der Waals surface area contributed by atoms with Crippen LogP contribution in [0.1, 0.15) is 11.4 Å². The lowest BCUT2D eigenvalue weighted by molar-refractivity contribution is 0.256. The Kier molecular flexibility index (Phi) is 4.26. The Hall–Kier alpha value is -2.69. The van der Waals surface area contributed by atoms with Crippen LogP contribution < -0.4 is 14.8 Å².